The Morgan fingerprint density at radius 3 is 2.53 bits per heavy atom. The summed E-state index contributed by atoms with van der Waals surface area (Å²) in [5.41, 5.74) is 0.963. The lowest BCUT2D eigenvalue weighted by Gasteiger charge is -2.08. The molecule has 0 aromatic heterocycles. The summed E-state index contributed by atoms with van der Waals surface area (Å²) in [5.74, 6) is -2.98. The smallest absolute Gasteiger partial charge is 0.161 e. The fourth-order valence-electron chi connectivity index (χ4n) is 1.57. The molecule has 0 saturated heterocycles. The summed E-state index contributed by atoms with van der Waals surface area (Å²) in [6.07, 6.45) is 2.23. The first-order chi connectivity index (χ1) is 9.08. The molecule has 1 aromatic rings. The lowest BCUT2D eigenvalue weighted by atomic mass is 10.1. The Kier molecular flexibility index (Phi) is 6.59. The highest BCUT2D eigenvalue weighted by molar-refractivity contribution is 5.54. The van der Waals surface area contributed by atoms with E-state index in [0.717, 1.165) is 11.6 Å². The summed E-state index contributed by atoms with van der Waals surface area (Å²) in [4.78, 5) is 0. The van der Waals surface area contributed by atoms with Gasteiger partial charge in [-0.15, -0.1) is 0 Å². The highest BCUT2D eigenvalue weighted by Crippen LogP contribution is 2.17. The predicted octanol–water partition coefficient (Wildman–Crippen LogP) is 3.13. The molecule has 0 saturated carbocycles. The van der Waals surface area contributed by atoms with Crippen LogP contribution in [0.5, 0.6) is 0 Å². The zero-order chi connectivity index (χ0) is 14.3. The highest BCUT2D eigenvalue weighted by atomic mass is 19.2. The van der Waals surface area contributed by atoms with Gasteiger partial charge < -0.3 is 10.1 Å². The number of methoxy groups -OCH3 is 1. The first-order valence-corrected chi connectivity index (χ1v) is 6.12. The van der Waals surface area contributed by atoms with E-state index in [-0.39, 0.29) is 5.56 Å². The van der Waals surface area contributed by atoms with Crippen molar-refractivity contribution in [1.29, 1.82) is 0 Å². The molecule has 0 fully saturated rings. The molecule has 0 atom stereocenters. The van der Waals surface area contributed by atoms with Crippen molar-refractivity contribution in [2.45, 2.75) is 13.3 Å². The van der Waals surface area contributed by atoms with Crippen molar-refractivity contribution in [3.63, 3.8) is 0 Å². The van der Waals surface area contributed by atoms with E-state index in [1.807, 2.05) is 6.92 Å². The molecule has 5 heteroatoms. The van der Waals surface area contributed by atoms with E-state index >= 15 is 0 Å². The normalized spacial score (nSPS) is 11.9. The van der Waals surface area contributed by atoms with Crippen molar-refractivity contribution in [3.8, 4) is 0 Å². The minimum absolute atomic E-state index is 0.0595. The maximum absolute atomic E-state index is 13.5. The molecule has 19 heavy (non-hydrogen) atoms. The van der Waals surface area contributed by atoms with E-state index in [1.54, 1.807) is 7.11 Å². The molecule has 0 unspecified atom stereocenters. The average Bonchev–Trinajstić information content (AvgIpc) is 2.39. The standard InChI is InChI=1S/C14H18F3NO/c1-3-10(9-18-4-5-19-2)6-11-7-13(16)14(17)8-12(11)15/h6-8,18H,3-5,9H2,1-2H3/b10-6-. The van der Waals surface area contributed by atoms with Gasteiger partial charge in [-0.3, -0.25) is 0 Å². The van der Waals surface area contributed by atoms with Crippen LogP contribution < -0.4 is 5.32 Å². The Balaban J connectivity index is 2.77. The van der Waals surface area contributed by atoms with Gasteiger partial charge in [0.2, 0.25) is 0 Å². The van der Waals surface area contributed by atoms with Gasteiger partial charge in [0.1, 0.15) is 5.82 Å². The molecule has 1 N–H and O–H groups in total. The molecular formula is C14H18F3NO. The van der Waals surface area contributed by atoms with Crippen molar-refractivity contribution < 1.29 is 17.9 Å². The molecular weight excluding hydrogens is 255 g/mol. The van der Waals surface area contributed by atoms with Crippen LogP contribution in [0, 0.1) is 17.5 Å². The van der Waals surface area contributed by atoms with Crippen LogP contribution in [0.3, 0.4) is 0 Å². The second kappa shape index (κ2) is 7.96. The quantitative estimate of drug-likeness (QED) is 0.609. The summed E-state index contributed by atoms with van der Waals surface area (Å²) in [5, 5.41) is 3.12. The van der Waals surface area contributed by atoms with Crippen molar-refractivity contribution in [1.82, 2.24) is 5.32 Å². The summed E-state index contributed by atoms with van der Waals surface area (Å²) in [7, 11) is 1.61. The first-order valence-electron chi connectivity index (χ1n) is 6.12. The molecule has 0 spiro atoms. The zero-order valence-electron chi connectivity index (χ0n) is 11.1. The van der Waals surface area contributed by atoms with Crippen LogP contribution in [0.25, 0.3) is 6.08 Å². The summed E-state index contributed by atoms with van der Waals surface area (Å²) in [6, 6.07) is 1.43. The maximum atomic E-state index is 13.5. The van der Waals surface area contributed by atoms with Crippen LogP contribution in [0.1, 0.15) is 18.9 Å². The minimum atomic E-state index is -1.18. The molecule has 0 aliphatic carbocycles. The molecule has 0 aliphatic heterocycles. The van der Waals surface area contributed by atoms with E-state index in [9.17, 15) is 13.2 Å². The van der Waals surface area contributed by atoms with Gasteiger partial charge in [-0.2, -0.15) is 0 Å². The van der Waals surface area contributed by atoms with Crippen LogP contribution in [0.2, 0.25) is 0 Å². The number of rotatable bonds is 7. The third kappa shape index (κ3) is 5.04. The fraction of sp³-hybridized carbons (Fsp3) is 0.429. The SMILES string of the molecule is CC/C(=C/c1cc(F)c(F)cc1F)CNCCOC. The number of halogens is 3. The molecule has 0 bridgehead atoms. The van der Waals surface area contributed by atoms with Gasteiger partial charge in [0, 0.05) is 31.8 Å². The number of benzene rings is 1. The molecule has 1 rings (SSSR count). The second-order valence-electron chi connectivity index (χ2n) is 4.11. The van der Waals surface area contributed by atoms with Crippen LogP contribution in [0.4, 0.5) is 13.2 Å². The Labute approximate surface area is 111 Å². The van der Waals surface area contributed by atoms with E-state index in [0.29, 0.717) is 32.2 Å². The lowest BCUT2D eigenvalue weighted by Crippen LogP contribution is -2.21. The summed E-state index contributed by atoms with van der Waals surface area (Å²) >= 11 is 0. The van der Waals surface area contributed by atoms with Gasteiger partial charge in [0.25, 0.3) is 0 Å². The topological polar surface area (TPSA) is 21.3 Å². The number of ether oxygens (including phenoxy) is 1. The predicted molar refractivity (Wildman–Crippen MR) is 69.3 cm³/mol. The van der Waals surface area contributed by atoms with Crippen molar-refractivity contribution in [2.75, 3.05) is 26.8 Å². The van der Waals surface area contributed by atoms with Crippen molar-refractivity contribution in [2.24, 2.45) is 0 Å². The van der Waals surface area contributed by atoms with Gasteiger partial charge in [0.05, 0.1) is 6.61 Å². The average molecular weight is 273 g/mol. The molecule has 0 aliphatic rings. The van der Waals surface area contributed by atoms with Crippen molar-refractivity contribution in [3.05, 3.63) is 40.7 Å². The molecule has 106 valence electrons. The van der Waals surface area contributed by atoms with Crippen LogP contribution in [-0.4, -0.2) is 26.8 Å². The molecule has 1 aromatic carbocycles. The van der Waals surface area contributed by atoms with E-state index in [4.69, 9.17) is 4.74 Å². The van der Waals surface area contributed by atoms with Gasteiger partial charge in [0.15, 0.2) is 11.6 Å². The molecule has 0 radical (unpaired) electrons. The van der Waals surface area contributed by atoms with Crippen LogP contribution in [0.15, 0.2) is 17.7 Å². The van der Waals surface area contributed by atoms with Gasteiger partial charge in [-0.25, -0.2) is 13.2 Å². The third-order valence-electron chi connectivity index (χ3n) is 2.69. The minimum Gasteiger partial charge on any atom is -0.383 e. The summed E-state index contributed by atoms with van der Waals surface area (Å²) in [6.45, 7) is 3.73. The Morgan fingerprint density at radius 2 is 1.89 bits per heavy atom. The van der Waals surface area contributed by atoms with Gasteiger partial charge >= 0.3 is 0 Å². The molecule has 0 amide bonds. The van der Waals surface area contributed by atoms with E-state index in [2.05, 4.69) is 5.32 Å². The molecule has 0 heterocycles. The zero-order valence-corrected chi connectivity index (χ0v) is 11.1. The highest BCUT2D eigenvalue weighted by Gasteiger charge is 2.08. The summed E-state index contributed by atoms with van der Waals surface area (Å²) < 4.78 is 44.2. The number of nitrogens with one attached hydrogen (secondary N) is 1. The van der Waals surface area contributed by atoms with Crippen LogP contribution >= 0.6 is 0 Å². The second-order valence-corrected chi connectivity index (χ2v) is 4.11. The van der Waals surface area contributed by atoms with Gasteiger partial charge in [-0.1, -0.05) is 18.6 Å². The number of hydrogen-bond donors (Lipinski definition) is 1. The Hall–Kier alpha value is -1.33. The Morgan fingerprint density at radius 1 is 1.21 bits per heavy atom. The largest absolute Gasteiger partial charge is 0.383 e. The Bertz CT molecular complexity index is 447. The monoisotopic (exact) mass is 273 g/mol. The number of hydrogen-bond acceptors (Lipinski definition) is 2. The lowest BCUT2D eigenvalue weighted by molar-refractivity contribution is 0.200. The van der Waals surface area contributed by atoms with Crippen molar-refractivity contribution >= 4 is 6.08 Å². The third-order valence-corrected chi connectivity index (χ3v) is 2.69. The van der Waals surface area contributed by atoms with Crippen LogP contribution in [-0.2, 0) is 4.74 Å². The molecule has 2 nitrogen and oxygen atoms in total. The van der Waals surface area contributed by atoms with E-state index in [1.165, 1.54) is 6.08 Å². The first kappa shape index (κ1) is 15.7. The van der Waals surface area contributed by atoms with Gasteiger partial charge in [-0.05, 0) is 12.5 Å². The fourth-order valence-corrected chi connectivity index (χ4v) is 1.57. The van der Waals surface area contributed by atoms with E-state index < -0.39 is 17.5 Å². The maximum Gasteiger partial charge on any atom is 0.161 e.